The van der Waals surface area contributed by atoms with Gasteiger partial charge in [-0.25, -0.2) is 0 Å². The number of hydrogen-bond donors (Lipinski definition) is 1. The van der Waals surface area contributed by atoms with Crippen molar-refractivity contribution in [3.63, 3.8) is 0 Å². The van der Waals surface area contributed by atoms with Crippen molar-refractivity contribution in [3.05, 3.63) is 75.2 Å². The number of allylic oxidation sites excluding steroid dienone is 2. The van der Waals surface area contributed by atoms with Crippen LogP contribution in [0.5, 0.6) is 0 Å². The van der Waals surface area contributed by atoms with E-state index in [4.69, 9.17) is 11.6 Å². The third kappa shape index (κ3) is 2.21. The quantitative estimate of drug-likeness (QED) is 0.622. The Morgan fingerprint density at radius 1 is 1.14 bits per heavy atom. The van der Waals surface area contributed by atoms with E-state index in [9.17, 15) is 0 Å². The van der Waals surface area contributed by atoms with Gasteiger partial charge in [-0.15, -0.1) is 0 Å². The highest BCUT2D eigenvalue weighted by Gasteiger charge is 2.38. The molecule has 1 aliphatic heterocycles. The van der Waals surface area contributed by atoms with Crippen LogP contribution in [0.1, 0.15) is 29.5 Å². The summed E-state index contributed by atoms with van der Waals surface area (Å²) in [6.45, 7) is 0. The third-order valence-corrected chi connectivity index (χ3v) is 5.45. The lowest BCUT2D eigenvalue weighted by Gasteiger charge is -2.38. The average molecular weight is 361 g/mol. The van der Waals surface area contributed by atoms with Gasteiger partial charge in [0.05, 0.1) is 11.7 Å². The van der Waals surface area contributed by atoms with Crippen LogP contribution in [0.25, 0.3) is 0 Å². The van der Waals surface area contributed by atoms with Crippen molar-refractivity contribution in [1.29, 1.82) is 0 Å². The zero-order valence-electron chi connectivity index (χ0n) is 11.4. The van der Waals surface area contributed by atoms with Gasteiger partial charge in [-0.1, -0.05) is 48.0 Å². The maximum Gasteiger partial charge on any atom is 0.0554 e. The van der Waals surface area contributed by atoms with Crippen LogP contribution in [0, 0.1) is 5.92 Å². The van der Waals surface area contributed by atoms with Gasteiger partial charge in [-0.2, -0.15) is 0 Å². The molecule has 21 heavy (non-hydrogen) atoms. The second-order valence-electron chi connectivity index (χ2n) is 5.73. The van der Waals surface area contributed by atoms with E-state index >= 15 is 0 Å². The number of benzene rings is 2. The molecular weight excluding hydrogens is 346 g/mol. The topological polar surface area (TPSA) is 12.0 Å². The summed E-state index contributed by atoms with van der Waals surface area (Å²) in [6, 6.07) is 15.0. The summed E-state index contributed by atoms with van der Waals surface area (Å²) >= 11 is 9.87. The zero-order valence-corrected chi connectivity index (χ0v) is 13.7. The lowest BCUT2D eigenvalue weighted by molar-refractivity contribution is 0.425. The van der Waals surface area contributed by atoms with Crippen LogP contribution >= 0.6 is 27.5 Å². The van der Waals surface area contributed by atoms with E-state index in [0.29, 0.717) is 17.9 Å². The lowest BCUT2D eigenvalue weighted by Crippen LogP contribution is -2.29. The fraction of sp³-hybridized carbons (Fsp3) is 0.222. The second-order valence-corrected chi connectivity index (χ2v) is 7.03. The molecule has 0 saturated heterocycles. The summed E-state index contributed by atoms with van der Waals surface area (Å²) in [4.78, 5) is 0. The highest BCUT2D eigenvalue weighted by molar-refractivity contribution is 9.10. The monoisotopic (exact) mass is 359 g/mol. The summed E-state index contributed by atoms with van der Waals surface area (Å²) in [5, 5.41) is 4.54. The van der Waals surface area contributed by atoms with Gasteiger partial charge in [-0.05, 0) is 57.6 Å². The molecule has 2 aromatic carbocycles. The molecule has 2 aromatic rings. The van der Waals surface area contributed by atoms with Crippen molar-refractivity contribution in [1.82, 2.24) is 0 Å². The van der Waals surface area contributed by atoms with Crippen LogP contribution in [-0.4, -0.2) is 0 Å². The highest BCUT2D eigenvalue weighted by Crippen LogP contribution is 2.51. The Balaban J connectivity index is 1.83. The smallest absolute Gasteiger partial charge is 0.0554 e. The molecular formula is C18H15BrClN. The standard InChI is InChI=1S/C18H15BrClN/c19-16-9-3-8-15-13-6-2-7-14(13)17(21-18(15)16)11-4-1-5-12(20)10-11/h1-6,8-10,13-14,17,21H,7H2. The summed E-state index contributed by atoms with van der Waals surface area (Å²) in [5.41, 5.74) is 3.87. The number of hydrogen-bond acceptors (Lipinski definition) is 1. The van der Waals surface area contributed by atoms with Crippen LogP contribution in [-0.2, 0) is 0 Å². The lowest BCUT2D eigenvalue weighted by atomic mass is 9.77. The Hall–Kier alpha value is -1.25. The first-order chi connectivity index (χ1) is 10.2. The molecule has 0 amide bonds. The molecule has 3 atom stereocenters. The molecule has 0 aromatic heterocycles. The van der Waals surface area contributed by atoms with Crippen molar-refractivity contribution in [2.45, 2.75) is 18.4 Å². The van der Waals surface area contributed by atoms with E-state index < -0.39 is 0 Å². The largest absolute Gasteiger partial charge is 0.377 e. The van der Waals surface area contributed by atoms with Gasteiger partial charge < -0.3 is 5.32 Å². The Kier molecular flexibility index (Phi) is 3.31. The number of rotatable bonds is 1. The summed E-state index contributed by atoms with van der Waals surface area (Å²) in [7, 11) is 0. The summed E-state index contributed by atoms with van der Waals surface area (Å²) in [6.07, 6.45) is 5.78. The van der Waals surface area contributed by atoms with Crippen LogP contribution in [0.3, 0.4) is 0 Å². The Bertz CT molecular complexity index is 725. The van der Waals surface area contributed by atoms with Gasteiger partial charge in [0.2, 0.25) is 0 Å². The Morgan fingerprint density at radius 2 is 2.00 bits per heavy atom. The van der Waals surface area contributed by atoms with Gasteiger partial charge in [0.25, 0.3) is 0 Å². The second kappa shape index (κ2) is 5.19. The van der Waals surface area contributed by atoms with Crippen molar-refractivity contribution >= 4 is 33.2 Å². The molecule has 2 aliphatic rings. The molecule has 3 heteroatoms. The first kappa shape index (κ1) is 13.4. The molecule has 0 radical (unpaired) electrons. The molecule has 1 nitrogen and oxygen atoms in total. The maximum atomic E-state index is 6.19. The molecule has 0 fully saturated rings. The zero-order chi connectivity index (χ0) is 14.4. The Morgan fingerprint density at radius 3 is 2.86 bits per heavy atom. The van der Waals surface area contributed by atoms with E-state index in [2.05, 4.69) is 63.7 Å². The molecule has 1 N–H and O–H groups in total. The van der Waals surface area contributed by atoms with E-state index in [0.717, 1.165) is 15.9 Å². The fourth-order valence-electron chi connectivity index (χ4n) is 3.61. The van der Waals surface area contributed by atoms with E-state index in [1.165, 1.54) is 16.8 Å². The van der Waals surface area contributed by atoms with Gasteiger partial charge in [0, 0.05) is 15.4 Å². The molecule has 0 bridgehead atoms. The molecule has 1 aliphatic carbocycles. The molecule has 4 rings (SSSR count). The third-order valence-electron chi connectivity index (χ3n) is 4.55. The first-order valence-corrected chi connectivity index (χ1v) is 8.38. The molecule has 3 unspecified atom stereocenters. The van der Waals surface area contributed by atoms with Crippen molar-refractivity contribution in [2.24, 2.45) is 5.92 Å². The number of nitrogens with one attached hydrogen (secondary N) is 1. The fourth-order valence-corrected chi connectivity index (χ4v) is 4.31. The normalized spacial score (nSPS) is 26.1. The van der Waals surface area contributed by atoms with Gasteiger partial charge in [0.1, 0.15) is 0 Å². The van der Waals surface area contributed by atoms with Gasteiger partial charge in [0.15, 0.2) is 0 Å². The first-order valence-electron chi connectivity index (χ1n) is 7.21. The van der Waals surface area contributed by atoms with Gasteiger partial charge in [-0.3, -0.25) is 0 Å². The number of fused-ring (bicyclic) bond motifs is 3. The summed E-state index contributed by atoms with van der Waals surface area (Å²) in [5.74, 6) is 1.05. The minimum Gasteiger partial charge on any atom is -0.377 e. The predicted octanol–water partition coefficient (Wildman–Crippen LogP) is 5.93. The van der Waals surface area contributed by atoms with Crippen LogP contribution in [0.15, 0.2) is 59.1 Å². The number of halogens is 2. The molecule has 0 spiro atoms. The van der Waals surface area contributed by atoms with E-state index in [1.54, 1.807) is 0 Å². The Labute approximate surface area is 138 Å². The predicted molar refractivity (Wildman–Crippen MR) is 91.9 cm³/mol. The molecule has 0 saturated carbocycles. The van der Waals surface area contributed by atoms with Crippen molar-refractivity contribution < 1.29 is 0 Å². The average Bonchev–Trinajstić information content (AvgIpc) is 2.96. The van der Waals surface area contributed by atoms with E-state index in [-0.39, 0.29) is 0 Å². The van der Waals surface area contributed by atoms with Gasteiger partial charge >= 0.3 is 0 Å². The number of para-hydroxylation sites is 1. The summed E-state index contributed by atoms with van der Waals surface area (Å²) < 4.78 is 1.13. The van der Waals surface area contributed by atoms with Crippen molar-refractivity contribution in [2.75, 3.05) is 5.32 Å². The highest BCUT2D eigenvalue weighted by atomic mass is 79.9. The molecule has 106 valence electrons. The SMILES string of the molecule is Clc1cccc(C2Nc3c(Br)cccc3C3C=CCC32)c1. The number of anilines is 1. The van der Waals surface area contributed by atoms with Crippen molar-refractivity contribution in [3.8, 4) is 0 Å². The van der Waals surface area contributed by atoms with E-state index in [1.807, 2.05) is 12.1 Å². The van der Waals surface area contributed by atoms with Crippen LogP contribution < -0.4 is 5.32 Å². The minimum absolute atomic E-state index is 0.301. The van der Waals surface area contributed by atoms with Crippen LogP contribution in [0.2, 0.25) is 5.02 Å². The van der Waals surface area contributed by atoms with Crippen LogP contribution in [0.4, 0.5) is 5.69 Å². The molecule has 1 heterocycles. The minimum atomic E-state index is 0.301. The maximum absolute atomic E-state index is 6.19.